The smallest absolute Gasteiger partial charge is 0.214 e. The van der Waals surface area contributed by atoms with E-state index in [0.717, 1.165) is 0 Å². The Kier molecular flexibility index (Phi) is 5.11. The molecule has 0 fully saturated rings. The second kappa shape index (κ2) is 5.56. The van der Waals surface area contributed by atoms with E-state index >= 15 is 0 Å². The molecule has 4 heteroatoms. The summed E-state index contributed by atoms with van der Waals surface area (Å²) in [7, 11) is 1.37. The topological polar surface area (TPSA) is 53.3 Å². The van der Waals surface area contributed by atoms with Crippen LogP contribution in [0.25, 0.3) is 0 Å². The van der Waals surface area contributed by atoms with E-state index in [0.29, 0.717) is 5.56 Å². The summed E-state index contributed by atoms with van der Waals surface area (Å²) in [6.45, 7) is 0. The van der Waals surface area contributed by atoms with Gasteiger partial charge in [0.05, 0.1) is 7.11 Å². The van der Waals surface area contributed by atoms with Gasteiger partial charge in [0, 0.05) is 0 Å². The fourth-order valence-corrected chi connectivity index (χ4v) is 0.898. The fourth-order valence-electron chi connectivity index (χ4n) is 0.898. The molecule has 1 aromatic rings. The first-order valence-corrected chi connectivity index (χ1v) is 3.61. The molecule has 0 saturated heterocycles. The van der Waals surface area contributed by atoms with Crippen LogP contribution in [0.4, 0.5) is 0 Å². The summed E-state index contributed by atoms with van der Waals surface area (Å²) in [6.07, 6.45) is -0.948. The summed E-state index contributed by atoms with van der Waals surface area (Å²) < 4.78 is 4.60. The van der Waals surface area contributed by atoms with E-state index in [4.69, 9.17) is 5.41 Å². The monoisotopic (exact) mass is 201 g/mol. The van der Waals surface area contributed by atoms with Crippen LogP contribution < -0.4 is 0 Å². The van der Waals surface area contributed by atoms with E-state index < -0.39 is 6.10 Å². The Hall–Kier alpha value is -1.06. The van der Waals surface area contributed by atoms with Crippen LogP contribution in [0.3, 0.4) is 0 Å². The summed E-state index contributed by atoms with van der Waals surface area (Å²) in [5.74, 6) is -0.138. The van der Waals surface area contributed by atoms with Crippen molar-refractivity contribution >= 4 is 18.3 Å². The molecule has 0 aliphatic rings. The van der Waals surface area contributed by atoms with Gasteiger partial charge >= 0.3 is 0 Å². The normalized spacial score (nSPS) is 11.2. The lowest BCUT2D eigenvalue weighted by Crippen LogP contribution is -2.12. The molecule has 1 atom stereocenters. The van der Waals surface area contributed by atoms with Crippen LogP contribution in [0.5, 0.6) is 0 Å². The second-order valence-corrected chi connectivity index (χ2v) is 2.38. The first-order chi connectivity index (χ1) is 5.75. The van der Waals surface area contributed by atoms with Crippen LogP contribution in [-0.2, 0) is 4.74 Å². The van der Waals surface area contributed by atoms with Gasteiger partial charge in [-0.3, -0.25) is 5.41 Å². The number of hydrogen-bond acceptors (Lipinski definition) is 3. The number of hydrogen-bond donors (Lipinski definition) is 2. The molecule has 0 aromatic heterocycles. The molecule has 0 bridgehead atoms. The zero-order chi connectivity index (χ0) is 8.97. The Bertz CT molecular complexity index is 264. The number of aliphatic hydroxyl groups is 1. The number of nitrogens with one attached hydrogen (secondary N) is 1. The van der Waals surface area contributed by atoms with Crippen molar-refractivity contribution in [3.63, 3.8) is 0 Å². The van der Waals surface area contributed by atoms with Crippen LogP contribution >= 0.6 is 12.4 Å². The summed E-state index contributed by atoms with van der Waals surface area (Å²) in [4.78, 5) is 0. The highest BCUT2D eigenvalue weighted by atomic mass is 35.5. The van der Waals surface area contributed by atoms with Crippen LogP contribution in [0.1, 0.15) is 11.7 Å². The lowest BCUT2D eigenvalue weighted by molar-refractivity contribution is 0.205. The van der Waals surface area contributed by atoms with Gasteiger partial charge in [-0.05, 0) is 5.56 Å². The number of halogens is 1. The molecule has 1 unspecified atom stereocenters. The highest BCUT2D eigenvalue weighted by Crippen LogP contribution is 2.12. The van der Waals surface area contributed by atoms with Gasteiger partial charge in [0.1, 0.15) is 0 Å². The van der Waals surface area contributed by atoms with Crippen molar-refractivity contribution in [3.05, 3.63) is 35.9 Å². The number of methoxy groups -OCH3 is 1. The minimum atomic E-state index is -0.948. The van der Waals surface area contributed by atoms with Crippen molar-refractivity contribution in [1.29, 1.82) is 5.41 Å². The Labute approximate surface area is 83.3 Å². The van der Waals surface area contributed by atoms with Crippen molar-refractivity contribution < 1.29 is 9.84 Å². The second-order valence-electron chi connectivity index (χ2n) is 2.38. The first-order valence-electron chi connectivity index (χ1n) is 3.61. The molecule has 0 saturated carbocycles. The molecule has 72 valence electrons. The lowest BCUT2D eigenvalue weighted by Gasteiger charge is -2.09. The van der Waals surface area contributed by atoms with Crippen LogP contribution in [-0.4, -0.2) is 18.1 Å². The molecular weight excluding hydrogens is 190 g/mol. The lowest BCUT2D eigenvalue weighted by atomic mass is 10.1. The SMILES string of the molecule is COC(=N)C(O)c1ccccc1.Cl. The summed E-state index contributed by atoms with van der Waals surface area (Å²) in [6, 6.07) is 8.96. The third-order valence-electron chi connectivity index (χ3n) is 1.58. The van der Waals surface area contributed by atoms with Crippen LogP contribution in [0.2, 0.25) is 0 Å². The largest absolute Gasteiger partial charge is 0.482 e. The number of rotatable bonds is 2. The Morgan fingerprint density at radius 3 is 2.38 bits per heavy atom. The maximum absolute atomic E-state index is 9.44. The quantitative estimate of drug-likeness (QED) is 0.566. The van der Waals surface area contributed by atoms with Crippen molar-refractivity contribution in [3.8, 4) is 0 Å². The molecule has 0 amide bonds. The minimum absolute atomic E-state index is 0. The molecule has 2 N–H and O–H groups in total. The predicted octanol–water partition coefficient (Wildman–Crippen LogP) is 1.77. The fraction of sp³-hybridized carbons (Fsp3) is 0.222. The number of ether oxygens (including phenoxy) is 1. The van der Waals surface area contributed by atoms with Gasteiger partial charge in [-0.1, -0.05) is 30.3 Å². The predicted molar refractivity (Wildman–Crippen MR) is 53.4 cm³/mol. The maximum Gasteiger partial charge on any atom is 0.214 e. The maximum atomic E-state index is 9.44. The van der Waals surface area contributed by atoms with Crippen LogP contribution in [0.15, 0.2) is 30.3 Å². The van der Waals surface area contributed by atoms with E-state index in [2.05, 4.69) is 4.74 Å². The Balaban J connectivity index is 0.00000144. The molecule has 0 radical (unpaired) electrons. The third-order valence-corrected chi connectivity index (χ3v) is 1.58. The molecule has 0 aliphatic heterocycles. The van der Waals surface area contributed by atoms with Gasteiger partial charge in [-0.2, -0.15) is 0 Å². The van der Waals surface area contributed by atoms with Gasteiger partial charge in [-0.15, -0.1) is 12.4 Å². The third kappa shape index (κ3) is 3.05. The minimum Gasteiger partial charge on any atom is -0.482 e. The van der Waals surface area contributed by atoms with Gasteiger partial charge < -0.3 is 9.84 Å². The van der Waals surface area contributed by atoms with Crippen LogP contribution in [0, 0.1) is 5.41 Å². The van der Waals surface area contributed by atoms with E-state index in [-0.39, 0.29) is 18.3 Å². The summed E-state index contributed by atoms with van der Waals surface area (Å²) in [5.41, 5.74) is 0.671. The highest BCUT2D eigenvalue weighted by molar-refractivity contribution is 5.85. The van der Waals surface area contributed by atoms with Crippen molar-refractivity contribution in [2.45, 2.75) is 6.10 Å². The number of aliphatic hydroxyl groups excluding tert-OH is 1. The first kappa shape index (κ1) is 11.9. The molecular formula is C9H12ClNO2. The molecule has 0 aliphatic carbocycles. The van der Waals surface area contributed by atoms with Gasteiger partial charge in [-0.25, -0.2) is 0 Å². The highest BCUT2D eigenvalue weighted by Gasteiger charge is 2.12. The average molecular weight is 202 g/mol. The zero-order valence-corrected chi connectivity index (χ0v) is 8.04. The standard InChI is InChI=1S/C9H11NO2.ClH/c1-12-9(10)8(11)7-5-3-2-4-6-7;/h2-6,8,10-11H,1H3;1H. The Morgan fingerprint density at radius 2 is 1.92 bits per heavy atom. The van der Waals surface area contributed by atoms with E-state index in [9.17, 15) is 5.11 Å². The van der Waals surface area contributed by atoms with Gasteiger partial charge in [0.25, 0.3) is 0 Å². The van der Waals surface area contributed by atoms with Crippen molar-refractivity contribution in [1.82, 2.24) is 0 Å². The summed E-state index contributed by atoms with van der Waals surface area (Å²) in [5, 5.41) is 16.6. The molecule has 1 aromatic carbocycles. The van der Waals surface area contributed by atoms with Crippen molar-refractivity contribution in [2.75, 3.05) is 7.11 Å². The van der Waals surface area contributed by atoms with E-state index in [1.54, 1.807) is 12.1 Å². The number of benzene rings is 1. The van der Waals surface area contributed by atoms with Gasteiger partial charge in [0.2, 0.25) is 5.90 Å². The zero-order valence-electron chi connectivity index (χ0n) is 7.23. The molecule has 13 heavy (non-hydrogen) atoms. The molecule has 0 spiro atoms. The van der Waals surface area contributed by atoms with E-state index in [1.807, 2.05) is 18.2 Å². The van der Waals surface area contributed by atoms with Gasteiger partial charge in [0.15, 0.2) is 6.10 Å². The average Bonchev–Trinajstić information content (AvgIpc) is 2.17. The van der Waals surface area contributed by atoms with Crippen molar-refractivity contribution in [2.24, 2.45) is 0 Å². The molecule has 3 nitrogen and oxygen atoms in total. The molecule has 0 heterocycles. The molecule has 1 rings (SSSR count). The Morgan fingerprint density at radius 1 is 1.38 bits per heavy atom. The van der Waals surface area contributed by atoms with E-state index in [1.165, 1.54) is 7.11 Å². The summed E-state index contributed by atoms with van der Waals surface area (Å²) >= 11 is 0.